The number of rotatable bonds is 3. The summed E-state index contributed by atoms with van der Waals surface area (Å²) in [6, 6.07) is 3.37. The van der Waals surface area contributed by atoms with Gasteiger partial charge in [0, 0.05) is 10.5 Å². The Kier molecular flexibility index (Phi) is 4.37. The zero-order valence-corrected chi connectivity index (χ0v) is 12.3. The van der Waals surface area contributed by atoms with E-state index in [4.69, 9.17) is 10.5 Å². The Bertz CT molecular complexity index is 710. The number of carbonyl (C=O) groups is 1. The van der Waals surface area contributed by atoms with Crippen LogP contribution in [0.5, 0.6) is 11.6 Å². The first-order valence-corrected chi connectivity index (χ1v) is 6.38. The second-order valence-corrected chi connectivity index (χ2v) is 4.82. The number of ether oxygens (including phenoxy) is 2. The van der Waals surface area contributed by atoms with Gasteiger partial charge < -0.3 is 15.2 Å². The minimum Gasteiger partial charge on any atom is -0.465 e. The Morgan fingerprint density at radius 2 is 2.05 bits per heavy atom. The van der Waals surface area contributed by atoms with Crippen LogP contribution < -0.4 is 10.5 Å². The first kappa shape index (κ1) is 15.2. The summed E-state index contributed by atoms with van der Waals surface area (Å²) in [6.45, 7) is 0. The maximum Gasteiger partial charge on any atom is 0.340 e. The SMILES string of the molecule is COC(=O)c1cc(Oc2cc(Br)cc(F)c2F)ncc1N. The zero-order chi connectivity index (χ0) is 15.6. The zero-order valence-electron chi connectivity index (χ0n) is 10.7. The lowest BCUT2D eigenvalue weighted by molar-refractivity contribution is 0.0601. The molecular formula is C13H9BrF2N2O3. The van der Waals surface area contributed by atoms with Gasteiger partial charge in [0.1, 0.15) is 0 Å². The normalized spacial score (nSPS) is 10.3. The summed E-state index contributed by atoms with van der Waals surface area (Å²) in [5.74, 6) is -3.45. The van der Waals surface area contributed by atoms with E-state index in [-0.39, 0.29) is 22.9 Å². The number of benzene rings is 1. The summed E-state index contributed by atoms with van der Waals surface area (Å²) in [7, 11) is 1.19. The van der Waals surface area contributed by atoms with Crippen LogP contribution in [0, 0.1) is 11.6 Å². The molecule has 1 heterocycles. The van der Waals surface area contributed by atoms with Crippen LogP contribution in [-0.2, 0) is 4.74 Å². The number of esters is 1. The highest BCUT2D eigenvalue weighted by atomic mass is 79.9. The molecule has 110 valence electrons. The van der Waals surface area contributed by atoms with Gasteiger partial charge in [0.2, 0.25) is 11.7 Å². The molecule has 1 aromatic heterocycles. The first-order valence-electron chi connectivity index (χ1n) is 5.58. The largest absolute Gasteiger partial charge is 0.465 e. The lowest BCUT2D eigenvalue weighted by Gasteiger charge is -2.09. The highest BCUT2D eigenvalue weighted by Crippen LogP contribution is 2.29. The van der Waals surface area contributed by atoms with Crippen LogP contribution in [0.2, 0.25) is 0 Å². The number of hydrogen-bond donors (Lipinski definition) is 1. The van der Waals surface area contributed by atoms with Crippen LogP contribution >= 0.6 is 15.9 Å². The second kappa shape index (κ2) is 6.04. The predicted octanol–water partition coefficient (Wildman–Crippen LogP) is 3.28. The summed E-state index contributed by atoms with van der Waals surface area (Å²) >= 11 is 3.02. The lowest BCUT2D eigenvalue weighted by atomic mass is 10.2. The van der Waals surface area contributed by atoms with Crippen molar-refractivity contribution >= 4 is 27.6 Å². The fourth-order valence-corrected chi connectivity index (χ4v) is 1.92. The van der Waals surface area contributed by atoms with Crippen molar-refractivity contribution in [1.82, 2.24) is 4.98 Å². The molecule has 0 radical (unpaired) electrons. The highest BCUT2D eigenvalue weighted by molar-refractivity contribution is 9.10. The van der Waals surface area contributed by atoms with Gasteiger partial charge in [0.05, 0.1) is 24.6 Å². The van der Waals surface area contributed by atoms with E-state index >= 15 is 0 Å². The number of nitrogens with zero attached hydrogens (tertiary/aromatic N) is 1. The average Bonchev–Trinajstić information content (AvgIpc) is 2.45. The van der Waals surface area contributed by atoms with Crippen molar-refractivity contribution in [2.24, 2.45) is 0 Å². The molecule has 0 saturated carbocycles. The highest BCUT2D eigenvalue weighted by Gasteiger charge is 2.16. The van der Waals surface area contributed by atoms with E-state index in [1.54, 1.807) is 0 Å². The van der Waals surface area contributed by atoms with Gasteiger partial charge in [-0.3, -0.25) is 0 Å². The van der Waals surface area contributed by atoms with Crippen molar-refractivity contribution in [1.29, 1.82) is 0 Å². The van der Waals surface area contributed by atoms with Gasteiger partial charge in [0.25, 0.3) is 0 Å². The molecule has 0 fully saturated rings. The van der Waals surface area contributed by atoms with Gasteiger partial charge in [-0.2, -0.15) is 4.39 Å². The Hall–Kier alpha value is -2.22. The molecule has 0 atom stereocenters. The number of carbonyl (C=O) groups excluding carboxylic acids is 1. The van der Waals surface area contributed by atoms with Gasteiger partial charge in [-0.05, 0) is 12.1 Å². The molecule has 0 unspecified atom stereocenters. The quantitative estimate of drug-likeness (QED) is 0.673. The van der Waals surface area contributed by atoms with Crippen LogP contribution in [0.4, 0.5) is 14.5 Å². The predicted molar refractivity (Wildman–Crippen MR) is 74.1 cm³/mol. The molecule has 0 aliphatic heterocycles. The number of nitrogen functional groups attached to an aromatic ring is 1. The van der Waals surface area contributed by atoms with E-state index in [9.17, 15) is 13.6 Å². The third kappa shape index (κ3) is 3.27. The topological polar surface area (TPSA) is 74.4 Å². The fourth-order valence-electron chi connectivity index (χ4n) is 1.51. The molecule has 0 amide bonds. The van der Waals surface area contributed by atoms with Crippen LogP contribution in [-0.4, -0.2) is 18.1 Å². The van der Waals surface area contributed by atoms with Gasteiger partial charge >= 0.3 is 5.97 Å². The standard InChI is InChI=1S/C13H9BrF2N2O3/c1-20-13(19)7-4-11(18-5-9(7)17)21-10-3-6(14)2-8(15)12(10)16/h2-5H,17H2,1H3. The van der Waals surface area contributed by atoms with E-state index in [0.717, 1.165) is 12.3 Å². The molecule has 21 heavy (non-hydrogen) atoms. The minimum absolute atomic E-state index is 0.0124. The molecule has 0 spiro atoms. The van der Waals surface area contributed by atoms with Crippen LogP contribution in [0.1, 0.15) is 10.4 Å². The summed E-state index contributed by atoms with van der Waals surface area (Å²) in [5, 5.41) is 0. The molecule has 0 aliphatic carbocycles. The van der Waals surface area contributed by atoms with Gasteiger partial charge in [-0.15, -0.1) is 0 Å². The third-order valence-corrected chi connectivity index (χ3v) is 2.95. The van der Waals surface area contributed by atoms with Gasteiger partial charge in [-0.1, -0.05) is 15.9 Å². The molecular weight excluding hydrogens is 350 g/mol. The Balaban J connectivity index is 2.39. The van der Waals surface area contributed by atoms with E-state index in [2.05, 4.69) is 25.7 Å². The third-order valence-electron chi connectivity index (χ3n) is 2.49. The number of anilines is 1. The number of pyridine rings is 1. The second-order valence-electron chi connectivity index (χ2n) is 3.90. The average molecular weight is 359 g/mol. The monoisotopic (exact) mass is 358 g/mol. The smallest absolute Gasteiger partial charge is 0.340 e. The minimum atomic E-state index is -1.17. The Morgan fingerprint density at radius 3 is 2.71 bits per heavy atom. The van der Waals surface area contributed by atoms with Crippen LogP contribution in [0.15, 0.2) is 28.9 Å². The molecule has 2 N–H and O–H groups in total. The van der Waals surface area contributed by atoms with Crippen molar-refractivity contribution in [3.63, 3.8) is 0 Å². The molecule has 2 rings (SSSR count). The van der Waals surface area contributed by atoms with Crippen LogP contribution in [0.3, 0.4) is 0 Å². The van der Waals surface area contributed by atoms with E-state index < -0.39 is 17.6 Å². The molecule has 8 heteroatoms. The van der Waals surface area contributed by atoms with Crippen molar-refractivity contribution < 1.29 is 23.0 Å². The Morgan fingerprint density at radius 1 is 1.33 bits per heavy atom. The van der Waals surface area contributed by atoms with Gasteiger partial charge in [-0.25, -0.2) is 14.2 Å². The first-order chi connectivity index (χ1) is 9.92. The summed E-state index contributed by atoms with van der Waals surface area (Å²) in [5.41, 5.74) is 5.67. The maximum absolute atomic E-state index is 13.6. The van der Waals surface area contributed by atoms with Gasteiger partial charge in [0.15, 0.2) is 11.6 Å². The van der Waals surface area contributed by atoms with Crippen molar-refractivity contribution in [3.8, 4) is 11.6 Å². The van der Waals surface area contributed by atoms with Crippen LogP contribution in [0.25, 0.3) is 0 Å². The van der Waals surface area contributed by atoms with Crippen molar-refractivity contribution in [3.05, 3.63) is 46.1 Å². The molecule has 0 aliphatic rings. The molecule has 1 aromatic carbocycles. The molecule has 2 aromatic rings. The fraction of sp³-hybridized carbons (Fsp3) is 0.0769. The summed E-state index contributed by atoms with van der Waals surface area (Å²) in [4.78, 5) is 15.3. The van der Waals surface area contributed by atoms with E-state index in [1.165, 1.54) is 19.2 Å². The summed E-state index contributed by atoms with van der Waals surface area (Å²) < 4.78 is 36.9. The Labute approximate surface area is 126 Å². The number of methoxy groups -OCH3 is 1. The molecule has 0 saturated heterocycles. The summed E-state index contributed by atoms with van der Waals surface area (Å²) in [6.07, 6.45) is 1.16. The molecule has 0 bridgehead atoms. The van der Waals surface area contributed by atoms with E-state index in [1.807, 2.05) is 0 Å². The number of nitrogens with two attached hydrogens (primary N) is 1. The van der Waals surface area contributed by atoms with E-state index in [0.29, 0.717) is 4.47 Å². The lowest BCUT2D eigenvalue weighted by Crippen LogP contribution is -2.06. The number of aromatic nitrogens is 1. The maximum atomic E-state index is 13.6. The number of hydrogen-bond acceptors (Lipinski definition) is 5. The van der Waals surface area contributed by atoms with Crippen molar-refractivity contribution in [2.75, 3.05) is 12.8 Å². The van der Waals surface area contributed by atoms with Crippen molar-refractivity contribution in [2.45, 2.75) is 0 Å². The number of halogens is 3. The molecule has 5 nitrogen and oxygen atoms in total.